The minimum Gasteiger partial charge on any atom is -0.368 e. The van der Waals surface area contributed by atoms with Gasteiger partial charge in [0.05, 0.1) is 0 Å². The average Bonchev–Trinajstić information content (AvgIpc) is 3.09. The summed E-state index contributed by atoms with van der Waals surface area (Å²) < 4.78 is 0. The van der Waals surface area contributed by atoms with Gasteiger partial charge in [0.25, 0.3) is 0 Å². The second kappa shape index (κ2) is 7.60. The second-order valence-corrected chi connectivity index (χ2v) is 6.48. The van der Waals surface area contributed by atoms with Crippen LogP contribution in [0.1, 0.15) is 36.6 Å². The smallest absolute Gasteiger partial charge is 0.239 e. The van der Waals surface area contributed by atoms with Gasteiger partial charge in [-0.15, -0.1) is 0 Å². The number of hydrogen-bond acceptors (Lipinski definition) is 3. The highest BCUT2D eigenvalue weighted by Gasteiger charge is 2.30. The largest absolute Gasteiger partial charge is 0.368 e. The molecule has 0 unspecified atom stereocenters. The molecule has 1 aliphatic rings. The number of nitrogens with two attached hydrogens (primary N) is 1. The number of nitrogens with one attached hydrogen (secondary N) is 1. The van der Waals surface area contributed by atoms with E-state index in [4.69, 9.17) is 5.73 Å². The number of likely N-dealkylation sites (tertiary alicyclic amines) is 1. The van der Waals surface area contributed by atoms with Crippen molar-refractivity contribution < 1.29 is 4.79 Å². The zero-order valence-corrected chi connectivity index (χ0v) is 14.1. The van der Waals surface area contributed by atoms with Gasteiger partial charge in [-0.1, -0.05) is 60.7 Å². The number of amides is 1. The van der Waals surface area contributed by atoms with E-state index in [0.29, 0.717) is 6.04 Å². The maximum absolute atomic E-state index is 11.9. The molecule has 0 bridgehead atoms. The Hall–Kier alpha value is -2.17. The highest BCUT2D eigenvalue weighted by Crippen LogP contribution is 2.25. The Bertz CT molecular complexity index is 659. The van der Waals surface area contributed by atoms with Crippen molar-refractivity contribution in [2.75, 3.05) is 13.1 Å². The molecule has 1 fully saturated rings. The van der Waals surface area contributed by atoms with Crippen LogP contribution in [0.2, 0.25) is 0 Å². The lowest BCUT2D eigenvalue weighted by molar-refractivity contribution is -0.120. The molecule has 4 heteroatoms. The quantitative estimate of drug-likeness (QED) is 0.859. The van der Waals surface area contributed by atoms with E-state index in [-0.39, 0.29) is 11.9 Å². The summed E-state index contributed by atoms with van der Waals surface area (Å²) in [4.78, 5) is 14.3. The lowest BCUT2D eigenvalue weighted by Gasteiger charge is -2.26. The van der Waals surface area contributed by atoms with E-state index in [1.807, 2.05) is 36.4 Å². The van der Waals surface area contributed by atoms with Crippen molar-refractivity contribution in [1.29, 1.82) is 0 Å². The van der Waals surface area contributed by atoms with E-state index in [9.17, 15) is 4.79 Å². The van der Waals surface area contributed by atoms with Crippen molar-refractivity contribution in [3.63, 3.8) is 0 Å². The first-order valence-corrected chi connectivity index (χ1v) is 8.54. The predicted octanol–water partition coefficient (Wildman–Crippen LogP) is 2.64. The number of rotatable bonds is 6. The van der Waals surface area contributed by atoms with Gasteiger partial charge in [0.2, 0.25) is 5.91 Å². The van der Waals surface area contributed by atoms with Crippen LogP contribution in [-0.4, -0.2) is 29.9 Å². The number of carbonyl (C=O) groups is 1. The van der Waals surface area contributed by atoms with Crippen LogP contribution in [0.5, 0.6) is 0 Å². The minimum atomic E-state index is -0.428. The van der Waals surface area contributed by atoms with Gasteiger partial charge < -0.3 is 5.73 Å². The van der Waals surface area contributed by atoms with E-state index in [1.165, 1.54) is 5.56 Å². The molecule has 0 saturated carbocycles. The Morgan fingerprint density at radius 1 is 1.08 bits per heavy atom. The lowest BCUT2D eigenvalue weighted by atomic mass is 10.0. The summed E-state index contributed by atoms with van der Waals surface area (Å²) in [5.41, 5.74) is 7.87. The number of nitrogens with zero attached hydrogens (tertiary/aromatic N) is 1. The average molecular weight is 323 g/mol. The molecular formula is C20H25N3O. The summed E-state index contributed by atoms with van der Waals surface area (Å²) in [6, 6.07) is 20.5. The van der Waals surface area contributed by atoms with Gasteiger partial charge >= 0.3 is 0 Å². The molecule has 24 heavy (non-hydrogen) atoms. The third-order valence-corrected chi connectivity index (χ3v) is 4.87. The molecule has 3 rings (SSSR count). The van der Waals surface area contributed by atoms with Crippen molar-refractivity contribution >= 4 is 5.91 Å². The summed E-state index contributed by atoms with van der Waals surface area (Å²) >= 11 is 0. The van der Waals surface area contributed by atoms with Gasteiger partial charge in [-0.25, -0.2) is 0 Å². The molecule has 3 atom stereocenters. The van der Waals surface area contributed by atoms with Crippen molar-refractivity contribution in [3.8, 4) is 0 Å². The molecule has 1 aliphatic heterocycles. The monoisotopic (exact) mass is 323 g/mol. The molecule has 2 aromatic carbocycles. The first kappa shape index (κ1) is 16.7. The minimum absolute atomic E-state index is 0.272. The van der Waals surface area contributed by atoms with Crippen molar-refractivity contribution in [2.45, 2.75) is 31.5 Å². The Kier molecular flexibility index (Phi) is 5.28. The Balaban J connectivity index is 1.64. The zero-order chi connectivity index (χ0) is 16.9. The highest BCUT2D eigenvalue weighted by molar-refractivity contribution is 5.81. The molecule has 0 aromatic heterocycles. The van der Waals surface area contributed by atoms with E-state index in [2.05, 4.69) is 41.4 Å². The molecule has 1 amide bonds. The molecule has 0 aliphatic carbocycles. The van der Waals surface area contributed by atoms with Crippen LogP contribution in [0.15, 0.2) is 60.7 Å². The number of hydrogen-bond donors (Lipinski definition) is 2. The SMILES string of the molecule is C[C@H](c1ccccc1)N1CC[C@@H](N[C@@H](C(N)=O)c2ccccc2)C1. The molecule has 126 valence electrons. The normalized spacial score (nSPS) is 20.6. The van der Waals surface area contributed by atoms with Crippen molar-refractivity contribution in [1.82, 2.24) is 10.2 Å². The first-order chi connectivity index (χ1) is 11.6. The summed E-state index contributed by atoms with van der Waals surface area (Å²) in [6.07, 6.45) is 1.02. The third kappa shape index (κ3) is 3.83. The van der Waals surface area contributed by atoms with Crippen LogP contribution in [0.25, 0.3) is 0 Å². The van der Waals surface area contributed by atoms with Gasteiger partial charge in [-0.2, -0.15) is 0 Å². The Morgan fingerprint density at radius 3 is 2.25 bits per heavy atom. The molecule has 1 heterocycles. The van der Waals surface area contributed by atoms with Crippen LogP contribution >= 0.6 is 0 Å². The van der Waals surface area contributed by atoms with Crippen LogP contribution < -0.4 is 11.1 Å². The third-order valence-electron chi connectivity index (χ3n) is 4.87. The standard InChI is InChI=1S/C20H25N3O/c1-15(16-8-4-2-5-9-16)23-13-12-18(14-23)22-19(20(21)24)17-10-6-3-7-11-17/h2-11,15,18-19,22H,12-14H2,1H3,(H2,21,24)/t15-,18-,19-/m1/s1. The molecule has 3 N–H and O–H groups in total. The summed E-state index contributed by atoms with van der Waals surface area (Å²) in [5.74, 6) is -0.323. The fourth-order valence-electron chi connectivity index (χ4n) is 3.44. The fraction of sp³-hybridized carbons (Fsp3) is 0.350. The maximum Gasteiger partial charge on any atom is 0.239 e. The number of carbonyl (C=O) groups excluding carboxylic acids is 1. The lowest BCUT2D eigenvalue weighted by Crippen LogP contribution is -2.41. The zero-order valence-electron chi connectivity index (χ0n) is 14.1. The van der Waals surface area contributed by atoms with Crippen LogP contribution in [0, 0.1) is 0 Å². The fourth-order valence-corrected chi connectivity index (χ4v) is 3.44. The number of primary amides is 1. The van der Waals surface area contributed by atoms with E-state index in [0.717, 1.165) is 25.1 Å². The first-order valence-electron chi connectivity index (χ1n) is 8.54. The summed E-state index contributed by atoms with van der Waals surface area (Å²) in [6.45, 7) is 4.18. The van der Waals surface area contributed by atoms with E-state index >= 15 is 0 Å². The van der Waals surface area contributed by atoms with Crippen LogP contribution in [-0.2, 0) is 4.79 Å². The van der Waals surface area contributed by atoms with Gasteiger partial charge in [-0.05, 0) is 24.5 Å². The van der Waals surface area contributed by atoms with Crippen molar-refractivity contribution in [3.05, 3.63) is 71.8 Å². The van der Waals surface area contributed by atoms with E-state index in [1.54, 1.807) is 0 Å². The van der Waals surface area contributed by atoms with Gasteiger partial charge in [0.15, 0.2) is 0 Å². The molecule has 0 radical (unpaired) electrons. The van der Waals surface area contributed by atoms with Crippen LogP contribution in [0.3, 0.4) is 0 Å². The Morgan fingerprint density at radius 2 is 1.67 bits per heavy atom. The van der Waals surface area contributed by atoms with Gasteiger partial charge in [0, 0.05) is 25.2 Å². The molecule has 1 saturated heterocycles. The van der Waals surface area contributed by atoms with Crippen LogP contribution in [0.4, 0.5) is 0 Å². The topological polar surface area (TPSA) is 58.4 Å². The summed E-state index contributed by atoms with van der Waals surface area (Å²) in [5, 5.41) is 3.45. The molecule has 0 spiro atoms. The molecule has 2 aromatic rings. The molecular weight excluding hydrogens is 298 g/mol. The van der Waals surface area contributed by atoms with Gasteiger partial charge in [-0.3, -0.25) is 15.0 Å². The predicted molar refractivity (Wildman–Crippen MR) is 96.3 cm³/mol. The molecule has 4 nitrogen and oxygen atoms in total. The maximum atomic E-state index is 11.9. The number of benzene rings is 2. The highest BCUT2D eigenvalue weighted by atomic mass is 16.1. The van der Waals surface area contributed by atoms with Crippen molar-refractivity contribution in [2.24, 2.45) is 5.73 Å². The summed E-state index contributed by atoms with van der Waals surface area (Å²) in [7, 11) is 0. The second-order valence-electron chi connectivity index (χ2n) is 6.48. The van der Waals surface area contributed by atoms with E-state index < -0.39 is 6.04 Å². The Labute approximate surface area is 143 Å². The van der Waals surface area contributed by atoms with Gasteiger partial charge in [0.1, 0.15) is 6.04 Å².